The monoisotopic (exact) mass is 223 g/mol. The minimum atomic E-state index is 0.494. The highest BCUT2D eigenvalue weighted by Gasteiger charge is 2.30. The molecule has 3 heteroatoms. The third-order valence-electron chi connectivity index (χ3n) is 2.47. The Labute approximate surface area is 94.3 Å². The molecule has 2 rings (SSSR count). The van der Waals surface area contributed by atoms with Crippen LogP contribution in [0, 0.1) is 0 Å². The summed E-state index contributed by atoms with van der Waals surface area (Å²) >= 11 is 6.96. The van der Waals surface area contributed by atoms with Gasteiger partial charge in [-0.25, -0.2) is 0 Å². The fraction of sp³-hybridized carbons (Fsp3) is 0.364. The van der Waals surface area contributed by atoms with E-state index >= 15 is 0 Å². The van der Waals surface area contributed by atoms with Gasteiger partial charge in [-0.3, -0.25) is 0 Å². The van der Waals surface area contributed by atoms with Crippen LogP contribution < -0.4 is 5.32 Å². The zero-order valence-electron chi connectivity index (χ0n) is 8.07. The Bertz CT molecular complexity index is 323. The molecule has 1 saturated heterocycles. The van der Waals surface area contributed by atoms with E-state index in [2.05, 4.69) is 42.6 Å². The van der Waals surface area contributed by atoms with E-state index in [4.69, 9.17) is 12.2 Å². The maximum atomic E-state index is 5.19. The van der Waals surface area contributed by atoms with Gasteiger partial charge in [0.05, 0.1) is 5.25 Å². The van der Waals surface area contributed by atoms with Crippen LogP contribution in [0.25, 0.3) is 0 Å². The SMILES string of the molecule is CCC1NC(=S)SC1c1ccccc1. The van der Waals surface area contributed by atoms with E-state index in [1.807, 2.05) is 0 Å². The fourth-order valence-corrected chi connectivity index (χ4v) is 3.35. The molecule has 0 bridgehead atoms. The Morgan fingerprint density at radius 1 is 1.36 bits per heavy atom. The van der Waals surface area contributed by atoms with E-state index in [1.165, 1.54) is 5.56 Å². The quantitative estimate of drug-likeness (QED) is 0.774. The summed E-state index contributed by atoms with van der Waals surface area (Å²) in [5.74, 6) is 0. The molecule has 1 heterocycles. The van der Waals surface area contributed by atoms with E-state index in [0.29, 0.717) is 11.3 Å². The predicted molar refractivity (Wildman–Crippen MR) is 66.6 cm³/mol. The minimum Gasteiger partial charge on any atom is -0.367 e. The number of benzene rings is 1. The lowest BCUT2D eigenvalue weighted by Gasteiger charge is -2.16. The van der Waals surface area contributed by atoms with Gasteiger partial charge in [-0.05, 0) is 12.0 Å². The van der Waals surface area contributed by atoms with Crippen LogP contribution in [-0.4, -0.2) is 10.4 Å². The summed E-state index contributed by atoms with van der Waals surface area (Å²) in [7, 11) is 0. The first-order valence-electron chi connectivity index (χ1n) is 4.83. The van der Waals surface area contributed by atoms with Crippen LogP contribution in [0.5, 0.6) is 0 Å². The second kappa shape index (κ2) is 4.32. The van der Waals surface area contributed by atoms with Gasteiger partial charge >= 0.3 is 0 Å². The smallest absolute Gasteiger partial charge is 0.134 e. The van der Waals surface area contributed by atoms with Crippen molar-refractivity contribution in [2.45, 2.75) is 24.6 Å². The molecular formula is C11H13NS2. The van der Waals surface area contributed by atoms with Crippen molar-refractivity contribution in [3.8, 4) is 0 Å². The fourth-order valence-electron chi connectivity index (χ4n) is 1.72. The van der Waals surface area contributed by atoms with Gasteiger partial charge in [-0.15, -0.1) is 0 Å². The summed E-state index contributed by atoms with van der Waals surface area (Å²) in [6.07, 6.45) is 1.12. The highest BCUT2D eigenvalue weighted by atomic mass is 32.2. The molecule has 0 radical (unpaired) electrons. The standard InChI is InChI=1S/C11H13NS2/c1-2-9-10(14-11(13)12-9)8-6-4-3-5-7-8/h3-7,9-10H,2H2,1H3,(H,12,13). The summed E-state index contributed by atoms with van der Waals surface area (Å²) in [6.45, 7) is 2.20. The van der Waals surface area contributed by atoms with Crippen molar-refractivity contribution in [3.63, 3.8) is 0 Å². The Morgan fingerprint density at radius 2 is 2.07 bits per heavy atom. The van der Waals surface area contributed by atoms with Crippen molar-refractivity contribution in [1.82, 2.24) is 5.32 Å². The average molecular weight is 223 g/mol. The highest BCUT2D eigenvalue weighted by Crippen LogP contribution is 2.38. The molecule has 0 spiro atoms. The second-order valence-corrected chi connectivity index (χ2v) is 5.21. The summed E-state index contributed by atoms with van der Waals surface area (Å²) in [6, 6.07) is 11.1. The highest BCUT2D eigenvalue weighted by molar-refractivity contribution is 8.23. The minimum absolute atomic E-state index is 0.494. The zero-order chi connectivity index (χ0) is 9.97. The summed E-state index contributed by atoms with van der Waals surface area (Å²) < 4.78 is 0.936. The average Bonchev–Trinajstić information content (AvgIpc) is 2.61. The largest absolute Gasteiger partial charge is 0.367 e. The Kier molecular flexibility index (Phi) is 3.08. The molecule has 14 heavy (non-hydrogen) atoms. The normalized spacial score (nSPS) is 26.2. The van der Waals surface area contributed by atoms with Gasteiger partial charge in [-0.2, -0.15) is 0 Å². The van der Waals surface area contributed by atoms with E-state index in [-0.39, 0.29) is 0 Å². The van der Waals surface area contributed by atoms with Crippen molar-refractivity contribution in [2.24, 2.45) is 0 Å². The van der Waals surface area contributed by atoms with Gasteiger partial charge in [0, 0.05) is 6.04 Å². The van der Waals surface area contributed by atoms with Crippen molar-refractivity contribution in [3.05, 3.63) is 35.9 Å². The summed E-state index contributed by atoms with van der Waals surface area (Å²) in [5.41, 5.74) is 1.37. The number of nitrogens with one attached hydrogen (secondary N) is 1. The van der Waals surface area contributed by atoms with Crippen LogP contribution in [0.4, 0.5) is 0 Å². The van der Waals surface area contributed by atoms with Crippen LogP contribution in [0.2, 0.25) is 0 Å². The predicted octanol–water partition coefficient (Wildman–Crippen LogP) is 3.13. The Morgan fingerprint density at radius 3 is 2.71 bits per heavy atom. The molecular weight excluding hydrogens is 210 g/mol. The molecule has 2 unspecified atom stereocenters. The molecule has 0 saturated carbocycles. The first kappa shape index (κ1) is 9.99. The number of hydrogen-bond acceptors (Lipinski definition) is 2. The Balaban J connectivity index is 2.22. The zero-order valence-corrected chi connectivity index (χ0v) is 9.70. The molecule has 1 aliphatic heterocycles. The topological polar surface area (TPSA) is 12.0 Å². The van der Waals surface area contributed by atoms with Crippen molar-refractivity contribution < 1.29 is 0 Å². The summed E-state index contributed by atoms with van der Waals surface area (Å²) in [5, 5.41) is 3.84. The lowest BCUT2D eigenvalue weighted by Crippen LogP contribution is -2.26. The van der Waals surface area contributed by atoms with Crippen molar-refractivity contribution in [1.29, 1.82) is 0 Å². The number of rotatable bonds is 2. The number of hydrogen-bond donors (Lipinski definition) is 1. The van der Waals surface area contributed by atoms with E-state index in [1.54, 1.807) is 11.8 Å². The van der Waals surface area contributed by atoms with Gasteiger partial charge in [0.15, 0.2) is 0 Å². The van der Waals surface area contributed by atoms with Crippen LogP contribution in [-0.2, 0) is 0 Å². The molecule has 2 atom stereocenters. The summed E-state index contributed by atoms with van der Waals surface area (Å²) in [4.78, 5) is 0. The molecule has 0 amide bonds. The van der Waals surface area contributed by atoms with Crippen LogP contribution in [0.15, 0.2) is 30.3 Å². The van der Waals surface area contributed by atoms with Gasteiger partial charge < -0.3 is 5.32 Å². The van der Waals surface area contributed by atoms with Gasteiger partial charge in [0.1, 0.15) is 4.32 Å². The number of thiocarbonyl (C=S) groups is 1. The van der Waals surface area contributed by atoms with E-state index in [9.17, 15) is 0 Å². The molecule has 1 N–H and O–H groups in total. The lowest BCUT2D eigenvalue weighted by atomic mass is 10.0. The molecule has 1 fully saturated rings. The first-order chi connectivity index (χ1) is 6.81. The van der Waals surface area contributed by atoms with E-state index < -0.39 is 0 Å². The molecule has 1 nitrogen and oxygen atoms in total. The molecule has 0 aliphatic carbocycles. The maximum Gasteiger partial charge on any atom is 0.134 e. The third-order valence-corrected chi connectivity index (χ3v) is 4.06. The van der Waals surface area contributed by atoms with E-state index in [0.717, 1.165) is 10.7 Å². The molecule has 1 aromatic carbocycles. The van der Waals surface area contributed by atoms with Crippen molar-refractivity contribution >= 4 is 28.3 Å². The van der Waals surface area contributed by atoms with Crippen LogP contribution in [0.3, 0.4) is 0 Å². The molecule has 74 valence electrons. The molecule has 1 aromatic rings. The first-order valence-corrected chi connectivity index (χ1v) is 6.12. The van der Waals surface area contributed by atoms with Crippen molar-refractivity contribution in [2.75, 3.05) is 0 Å². The third kappa shape index (κ3) is 1.93. The van der Waals surface area contributed by atoms with Crippen LogP contribution in [0.1, 0.15) is 24.2 Å². The van der Waals surface area contributed by atoms with Gasteiger partial charge in [0.2, 0.25) is 0 Å². The molecule has 1 aliphatic rings. The maximum absolute atomic E-state index is 5.19. The van der Waals surface area contributed by atoms with Gasteiger partial charge in [0.25, 0.3) is 0 Å². The van der Waals surface area contributed by atoms with Crippen LogP contribution >= 0.6 is 24.0 Å². The molecule has 0 aromatic heterocycles. The number of thioether (sulfide) groups is 1. The lowest BCUT2D eigenvalue weighted by molar-refractivity contribution is 0.595. The second-order valence-electron chi connectivity index (χ2n) is 3.40. The van der Waals surface area contributed by atoms with Gasteiger partial charge in [-0.1, -0.05) is 61.2 Å². The Hall–Kier alpha value is -0.540.